The number of hydrogen-bond donors (Lipinski definition) is 0. The molecular weight excluding hydrogens is 378 g/mol. The maximum atomic E-state index is 12.2. The first-order valence-corrected chi connectivity index (χ1v) is 7.80. The maximum Gasteiger partial charge on any atom is 0.258 e. The molecule has 0 bridgehead atoms. The first-order chi connectivity index (χ1) is 11.1. The summed E-state index contributed by atoms with van der Waals surface area (Å²) < 4.78 is 2.24. The highest BCUT2D eigenvalue weighted by Crippen LogP contribution is 2.20. The summed E-state index contributed by atoms with van der Waals surface area (Å²) >= 11 is 9.62. The quantitative estimate of drug-likeness (QED) is 0.667. The van der Waals surface area contributed by atoms with E-state index in [4.69, 9.17) is 16.9 Å². The predicted octanol–water partition coefficient (Wildman–Crippen LogP) is 4.07. The predicted molar refractivity (Wildman–Crippen MR) is 94.0 cm³/mol. The number of aromatic nitrogens is 2. The van der Waals surface area contributed by atoms with Crippen molar-refractivity contribution in [3.63, 3.8) is 0 Å². The minimum atomic E-state index is -0.210. The molecule has 0 unspecified atom stereocenters. The zero-order valence-electron chi connectivity index (χ0n) is 11.7. The molecule has 0 atom stereocenters. The fourth-order valence-electron chi connectivity index (χ4n) is 2.07. The fraction of sp³-hybridized carbons (Fsp3) is 0. The van der Waals surface area contributed by atoms with E-state index in [1.807, 2.05) is 6.07 Å². The van der Waals surface area contributed by atoms with Crippen LogP contribution in [0.2, 0.25) is 0 Å². The minimum Gasteiger partial charge on any atom is -0.269 e. The largest absolute Gasteiger partial charge is 0.269 e. The van der Waals surface area contributed by atoms with E-state index in [2.05, 4.69) is 27.0 Å². The Labute approximate surface area is 145 Å². The van der Waals surface area contributed by atoms with Crippen LogP contribution in [0, 0.1) is 11.3 Å². The Balaban J connectivity index is 2.04. The van der Waals surface area contributed by atoms with Crippen LogP contribution in [-0.2, 0) is 0 Å². The van der Waals surface area contributed by atoms with Gasteiger partial charge in [-0.3, -0.25) is 9.20 Å². The SMILES string of the molecule is N#Cc1ccc(/C=C(\Cl)c2cc(=O)n3cc(Br)ccc3n2)cc1. The molecule has 2 heterocycles. The topological polar surface area (TPSA) is 58.2 Å². The van der Waals surface area contributed by atoms with Crippen LogP contribution >= 0.6 is 27.5 Å². The molecule has 3 rings (SSSR count). The molecule has 0 N–H and O–H groups in total. The molecule has 0 aliphatic carbocycles. The van der Waals surface area contributed by atoms with Crippen LogP contribution in [0.1, 0.15) is 16.8 Å². The number of fused-ring (bicyclic) bond motifs is 1. The van der Waals surface area contributed by atoms with Crippen molar-refractivity contribution < 1.29 is 0 Å². The molecule has 0 spiro atoms. The van der Waals surface area contributed by atoms with E-state index >= 15 is 0 Å². The van der Waals surface area contributed by atoms with Gasteiger partial charge in [0.15, 0.2) is 0 Å². The summed E-state index contributed by atoms with van der Waals surface area (Å²) in [6, 6.07) is 14.0. The van der Waals surface area contributed by atoms with Crippen LogP contribution in [0.5, 0.6) is 0 Å². The number of nitriles is 1. The summed E-state index contributed by atoms with van der Waals surface area (Å²) in [5, 5.41) is 9.16. The Kier molecular flexibility index (Phi) is 4.28. The highest BCUT2D eigenvalue weighted by Gasteiger charge is 2.06. The van der Waals surface area contributed by atoms with Gasteiger partial charge in [0.25, 0.3) is 5.56 Å². The highest BCUT2D eigenvalue weighted by molar-refractivity contribution is 9.10. The third kappa shape index (κ3) is 3.34. The summed E-state index contributed by atoms with van der Waals surface area (Å²) in [5.41, 5.74) is 2.11. The van der Waals surface area contributed by atoms with Gasteiger partial charge in [-0.2, -0.15) is 5.26 Å². The van der Waals surface area contributed by atoms with Crippen LogP contribution < -0.4 is 5.56 Å². The zero-order valence-corrected chi connectivity index (χ0v) is 14.0. The van der Waals surface area contributed by atoms with Gasteiger partial charge in [0.05, 0.1) is 22.4 Å². The maximum absolute atomic E-state index is 12.2. The first-order valence-electron chi connectivity index (χ1n) is 6.63. The molecule has 23 heavy (non-hydrogen) atoms. The molecule has 112 valence electrons. The number of hydrogen-bond acceptors (Lipinski definition) is 3. The van der Waals surface area contributed by atoms with Crippen molar-refractivity contribution in [1.29, 1.82) is 5.26 Å². The summed E-state index contributed by atoms with van der Waals surface area (Å²) in [6.07, 6.45) is 3.37. The van der Waals surface area contributed by atoms with E-state index in [-0.39, 0.29) is 5.56 Å². The van der Waals surface area contributed by atoms with Gasteiger partial charge in [-0.15, -0.1) is 0 Å². The summed E-state index contributed by atoms with van der Waals surface area (Å²) in [6.45, 7) is 0. The fourth-order valence-corrected chi connectivity index (χ4v) is 2.63. The molecule has 0 aliphatic heterocycles. The molecule has 0 fully saturated rings. The number of pyridine rings is 1. The van der Waals surface area contributed by atoms with Gasteiger partial charge in [-0.05, 0) is 51.8 Å². The molecule has 1 aromatic carbocycles. The zero-order chi connectivity index (χ0) is 16.4. The molecule has 0 aliphatic rings. The monoisotopic (exact) mass is 385 g/mol. The van der Waals surface area contributed by atoms with Crippen LogP contribution in [0.15, 0.2) is 57.9 Å². The lowest BCUT2D eigenvalue weighted by Gasteiger charge is -2.04. The third-order valence-corrected chi connectivity index (χ3v) is 3.97. The Bertz CT molecular complexity index is 1020. The summed E-state index contributed by atoms with van der Waals surface area (Å²) in [5.74, 6) is 0. The lowest BCUT2D eigenvalue weighted by molar-refractivity contribution is 1.03. The van der Waals surface area contributed by atoms with E-state index in [0.29, 0.717) is 21.9 Å². The lowest BCUT2D eigenvalue weighted by atomic mass is 10.1. The Hall–Kier alpha value is -2.42. The second-order valence-electron chi connectivity index (χ2n) is 4.78. The van der Waals surface area contributed by atoms with Crippen LogP contribution in [0.3, 0.4) is 0 Å². The first kappa shape index (κ1) is 15.5. The smallest absolute Gasteiger partial charge is 0.258 e. The van der Waals surface area contributed by atoms with Crippen LogP contribution in [0.4, 0.5) is 0 Å². The van der Waals surface area contributed by atoms with Gasteiger partial charge in [0.2, 0.25) is 0 Å². The van der Waals surface area contributed by atoms with E-state index in [9.17, 15) is 4.79 Å². The van der Waals surface area contributed by atoms with Gasteiger partial charge in [0.1, 0.15) is 5.65 Å². The van der Waals surface area contributed by atoms with Crippen molar-refractivity contribution in [3.8, 4) is 6.07 Å². The number of benzene rings is 1. The van der Waals surface area contributed by atoms with Gasteiger partial charge < -0.3 is 0 Å². The van der Waals surface area contributed by atoms with Crippen molar-refractivity contribution >= 4 is 44.3 Å². The molecule has 3 aromatic rings. The van der Waals surface area contributed by atoms with Gasteiger partial charge in [-0.25, -0.2) is 4.98 Å². The van der Waals surface area contributed by atoms with Gasteiger partial charge >= 0.3 is 0 Å². The molecule has 0 saturated carbocycles. The Morgan fingerprint density at radius 3 is 2.70 bits per heavy atom. The Morgan fingerprint density at radius 1 is 1.26 bits per heavy atom. The van der Waals surface area contributed by atoms with Crippen LogP contribution in [-0.4, -0.2) is 9.38 Å². The second-order valence-corrected chi connectivity index (χ2v) is 6.10. The molecule has 0 radical (unpaired) electrons. The highest BCUT2D eigenvalue weighted by atomic mass is 79.9. The van der Waals surface area contributed by atoms with Gasteiger partial charge in [0, 0.05) is 16.7 Å². The molecule has 0 amide bonds. The van der Waals surface area contributed by atoms with Crippen LogP contribution in [0.25, 0.3) is 16.8 Å². The van der Waals surface area contributed by atoms with Crippen molar-refractivity contribution in [3.05, 3.63) is 80.3 Å². The molecular formula is C17H9BrClN3O. The van der Waals surface area contributed by atoms with Crippen molar-refractivity contribution in [1.82, 2.24) is 9.38 Å². The van der Waals surface area contributed by atoms with E-state index in [1.54, 1.807) is 42.6 Å². The van der Waals surface area contributed by atoms with E-state index in [0.717, 1.165) is 10.0 Å². The number of rotatable bonds is 2. The van der Waals surface area contributed by atoms with E-state index in [1.165, 1.54) is 10.5 Å². The van der Waals surface area contributed by atoms with Gasteiger partial charge in [-0.1, -0.05) is 23.7 Å². The number of nitrogens with zero attached hydrogens (tertiary/aromatic N) is 3. The normalized spacial score (nSPS) is 11.4. The second kappa shape index (κ2) is 6.37. The molecule has 6 heteroatoms. The van der Waals surface area contributed by atoms with Crippen molar-refractivity contribution in [2.45, 2.75) is 0 Å². The summed E-state index contributed by atoms with van der Waals surface area (Å²) in [4.78, 5) is 16.6. The number of halogens is 2. The standard InChI is InChI=1S/C17H9BrClN3O/c18-13-5-6-16-21-15(8-17(23)22(16)10-13)14(19)7-11-1-3-12(9-20)4-2-11/h1-8,10H/b14-7-. The average molecular weight is 387 g/mol. The average Bonchev–Trinajstić information content (AvgIpc) is 2.56. The molecule has 4 nitrogen and oxygen atoms in total. The molecule has 0 saturated heterocycles. The van der Waals surface area contributed by atoms with Crippen molar-refractivity contribution in [2.75, 3.05) is 0 Å². The van der Waals surface area contributed by atoms with Crippen molar-refractivity contribution in [2.24, 2.45) is 0 Å². The Morgan fingerprint density at radius 2 is 2.00 bits per heavy atom. The summed E-state index contributed by atoms with van der Waals surface area (Å²) in [7, 11) is 0. The third-order valence-electron chi connectivity index (χ3n) is 3.20. The lowest BCUT2D eigenvalue weighted by Crippen LogP contribution is -2.14. The molecule has 2 aromatic heterocycles. The minimum absolute atomic E-state index is 0.210. The van der Waals surface area contributed by atoms with E-state index < -0.39 is 0 Å².